The highest BCUT2D eigenvalue weighted by Crippen LogP contribution is 2.30. The van der Waals surface area contributed by atoms with Crippen LogP contribution in [0, 0.1) is 12.8 Å². The van der Waals surface area contributed by atoms with Crippen molar-refractivity contribution in [3.05, 3.63) is 71.1 Å². The molecule has 1 N–H and O–H groups in total. The molecule has 0 aliphatic rings. The van der Waals surface area contributed by atoms with E-state index in [4.69, 9.17) is 21.1 Å². The van der Waals surface area contributed by atoms with Crippen molar-refractivity contribution in [3.63, 3.8) is 0 Å². The van der Waals surface area contributed by atoms with Crippen molar-refractivity contribution in [2.24, 2.45) is 5.92 Å². The molecule has 2 atom stereocenters. The van der Waals surface area contributed by atoms with E-state index in [9.17, 15) is 0 Å². The summed E-state index contributed by atoms with van der Waals surface area (Å²) in [6.45, 7) is 12.5. The summed E-state index contributed by atoms with van der Waals surface area (Å²) in [5.41, 5.74) is 6.70. The van der Waals surface area contributed by atoms with E-state index in [1.165, 1.54) is 40.4 Å². The Kier molecular flexibility index (Phi) is 11.8. The maximum Gasteiger partial charge on any atom is 0.139 e. The summed E-state index contributed by atoms with van der Waals surface area (Å²) in [5, 5.41) is 6.16. The van der Waals surface area contributed by atoms with Crippen LogP contribution in [0.4, 0.5) is 5.69 Å². The fourth-order valence-corrected chi connectivity index (χ4v) is 4.70. The lowest BCUT2D eigenvalue weighted by atomic mass is 10.0. The van der Waals surface area contributed by atoms with Crippen molar-refractivity contribution in [2.45, 2.75) is 53.9 Å². The van der Waals surface area contributed by atoms with Crippen LogP contribution in [0.3, 0.4) is 0 Å². The van der Waals surface area contributed by atoms with Gasteiger partial charge < -0.3 is 14.8 Å². The molecule has 3 aromatic carbocycles. The summed E-state index contributed by atoms with van der Waals surface area (Å²) in [4.78, 5) is 8.24. The highest BCUT2D eigenvalue weighted by molar-refractivity contribution is 7.28. The highest BCUT2D eigenvalue weighted by atomic mass is 35.5. The number of methoxy groups -OCH3 is 1. The van der Waals surface area contributed by atoms with Crippen molar-refractivity contribution in [1.29, 1.82) is 0 Å². The van der Waals surface area contributed by atoms with E-state index in [1.807, 2.05) is 19.1 Å². The third-order valence-corrected chi connectivity index (χ3v) is 7.67. The molecular weight excluding hydrogens is 525 g/mol. The van der Waals surface area contributed by atoms with E-state index < -0.39 is 0 Å². The Bertz CT molecular complexity index is 1380. The smallest absolute Gasteiger partial charge is 0.139 e. The quantitative estimate of drug-likeness (QED) is 0.196. The molecule has 0 spiro atoms. The molecule has 7 heteroatoms. The Balaban J connectivity index is 0.000000252. The molecule has 0 saturated carbocycles. The molecule has 0 fully saturated rings. The van der Waals surface area contributed by atoms with Gasteiger partial charge in [-0.1, -0.05) is 57.0 Å². The molecule has 1 heterocycles. The monoisotopic (exact) mass is 565 g/mol. The average Bonchev–Trinajstić information content (AvgIpc) is 2.95. The van der Waals surface area contributed by atoms with E-state index >= 15 is 0 Å². The number of rotatable bonds is 10. The summed E-state index contributed by atoms with van der Waals surface area (Å²) in [7, 11) is 4.38. The van der Waals surface area contributed by atoms with E-state index in [2.05, 4.69) is 88.6 Å². The largest absolute Gasteiger partial charge is 0.495 e. The molecule has 4 rings (SSSR count). The molecule has 39 heavy (non-hydrogen) atoms. The molecule has 0 radical (unpaired) electrons. The number of ether oxygens (including phenoxy) is 2. The number of hydrogen-bond acceptors (Lipinski definition) is 5. The predicted octanol–water partition coefficient (Wildman–Crippen LogP) is 8.26. The van der Waals surface area contributed by atoms with Gasteiger partial charge in [0, 0.05) is 29.4 Å². The SMILES string of the molecule is CCNc1cc(-c2ccc(OCCC(C)CC)c(CC)c2)ccc1P.COc1cc2ncnc(C)c2cc1Cl. The molecule has 4 aromatic rings. The number of fused-ring (bicyclic) bond motifs is 1. The summed E-state index contributed by atoms with van der Waals surface area (Å²) >= 11 is 5.99. The molecule has 0 aliphatic heterocycles. The normalized spacial score (nSPS) is 11.5. The molecule has 5 nitrogen and oxygen atoms in total. The van der Waals surface area contributed by atoms with Gasteiger partial charge >= 0.3 is 0 Å². The minimum absolute atomic E-state index is 0.581. The van der Waals surface area contributed by atoms with Crippen LogP contribution in [0.1, 0.15) is 51.8 Å². The molecular formula is C32H41ClN3O2P. The van der Waals surface area contributed by atoms with E-state index in [1.54, 1.807) is 7.11 Å². The van der Waals surface area contributed by atoms with Gasteiger partial charge in [0.15, 0.2) is 0 Å². The van der Waals surface area contributed by atoms with Gasteiger partial charge in [-0.25, -0.2) is 9.97 Å². The minimum Gasteiger partial charge on any atom is -0.495 e. The lowest BCUT2D eigenvalue weighted by Gasteiger charge is -2.15. The van der Waals surface area contributed by atoms with Crippen molar-refractivity contribution in [3.8, 4) is 22.6 Å². The van der Waals surface area contributed by atoms with Gasteiger partial charge in [-0.15, -0.1) is 9.24 Å². The van der Waals surface area contributed by atoms with Crippen LogP contribution in [0.25, 0.3) is 22.0 Å². The van der Waals surface area contributed by atoms with Crippen LogP contribution in [-0.2, 0) is 6.42 Å². The molecule has 0 bridgehead atoms. The Labute approximate surface area is 240 Å². The second-order valence-electron chi connectivity index (χ2n) is 9.62. The number of aryl methyl sites for hydroxylation is 2. The van der Waals surface area contributed by atoms with Crippen LogP contribution in [-0.4, -0.2) is 30.2 Å². The highest BCUT2D eigenvalue weighted by Gasteiger charge is 2.09. The van der Waals surface area contributed by atoms with Gasteiger partial charge in [-0.3, -0.25) is 0 Å². The Morgan fingerprint density at radius 2 is 1.72 bits per heavy atom. The number of nitrogens with one attached hydrogen (secondary N) is 1. The van der Waals surface area contributed by atoms with Crippen molar-refractivity contribution in [2.75, 3.05) is 25.6 Å². The maximum absolute atomic E-state index is 6.06. The van der Waals surface area contributed by atoms with Crippen LogP contribution >= 0.6 is 20.8 Å². The first-order valence-electron chi connectivity index (χ1n) is 13.6. The van der Waals surface area contributed by atoms with Crippen molar-refractivity contribution in [1.82, 2.24) is 9.97 Å². The maximum atomic E-state index is 6.06. The number of hydrogen-bond donors (Lipinski definition) is 1. The first-order chi connectivity index (χ1) is 18.8. The molecule has 0 aliphatic carbocycles. The van der Waals surface area contributed by atoms with E-state index in [-0.39, 0.29) is 0 Å². The minimum atomic E-state index is 0.581. The van der Waals surface area contributed by atoms with E-state index in [0.717, 1.165) is 54.3 Å². The Morgan fingerprint density at radius 3 is 2.41 bits per heavy atom. The molecule has 0 amide bonds. The van der Waals surface area contributed by atoms with E-state index in [0.29, 0.717) is 10.8 Å². The summed E-state index contributed by atoms with van der Waals surface area (Å²) in [6.07, 6.45) is 4.84. The summed E-state index contributed by atoms with van der Waals surface area (Å²) in [5.74, 6) is 2.39. The van der Waals surface area contributed by atoms with Gasteiger partial charge in [-0.2, -0.15) is 0 Å². The van der Waals surface area contributed by atoms with Crippen LogP contribution in [0.2, 0.25) is 5.02 Å². The zero-order chi connectivity index (χ0) is 28.4. The van der Waals surface area contributed by atoms with Gasteiger partial charge in [0.25, 0.3) is 0 Å². The first kappa shape index (κ1) is 30.7. The average molecular weight is 566 g/mol. The number of benzene rings is 3. The molecule has 208 valence electrons. The predicted molar refractivity (Wildman–Crippen MR) is 170 cm³/mol. The Hall–Kier alpha value is -2.88. The summed E-state index contributed by atoms with van der Waals surface area (Å²) < 4.78 is 11.2. The Morgan fingerprint density at radius 1 is 0.974 bits per heavy atom. The number of nitrogens with zero attached hydrogens (tertiary/aromatic N) is 2. The van der Waals surface area contributed by atoms with Gasteiger partial charge in [0.2, 0.25) is 0 Å². The topological polar surface area (TPSA) is 56.3 Å². The van der Waals surface area contributed by atoms with Crippen LogP contribution in [0.5, 0.6) is 11.5 Å². The fourth-order valence-electron chi connectivity index (χ4n) is 4.17. The van der Waals surface area contributed by atoms with Crippen molar-refractivity contribution >= 4 is 42.7 Å². The molecule has 0 saturated heterocycles. The van der Waals surface area contributed by atoms with Gasteiger partial charge in [-0.05, 0) is 78.9 Å². The summed E-state index contributed by atoms with van der Waals surface area (Å²) in [6, 6.07) is 16.8. The lowest BCUT2D eigenvalue weighted by Crippen LogP contribution is -2.06. The van der Waals surface area contributed by atoms with Crippen LogP contribution < -0.4 is 20.1 Å². The number of aromatic nitrogens is 2. The second kappa shape index (κ2) is 15.1. The number of anilines is 1. The standard InChI is InChI=1S/C22H32NOP.C10H9ClN2O/c1-5-16(4)12-13-24-21-10-8-18(14-17(21)6-2)19-9-11-22(25)20(15-19)23-7-3;1-6-7-3-8(11)10(14-2)4-9(7)13-5-12-6/h8-11,14-16,23H,5-7,12-13,25H2,1-4H3;3-5H,1-2H3. The van der Waals surface area contributed by atoms with Crippen LogP contribution in [0.15, 0.2) is 54.9 Å². The second-order valence-corrected chi connectivity index (χ2v) is 10.7. The number of halogens is 1. The zero-order valence-electron chi connectivity index (χ0n) is 24.0. The fraction of sp³-hybridized carbons (Fsp3) is 0.375. The first-order valence-corrected chi connectivity index (χ1v) is 14.6. The molecule has 1 aromatic heterocycles. The van der Waals surface area contributed by atoms with Crippen molar-refractivity contribution < 1.29 is 9.47 Å². The zero-order valence-corrected chi connectivity index (χ0v) is 25.9. The van der Waals surface area contributed by atoms with Gasteiger partial charge in [0.05, 0.1) is 24.3 Å². The van der Waals surface area contributed by atoms with Gasteiger partial charge in [0.1, 0.15) is 17.8 Å². The molecule has 2 unspecified atom stereocenters. The lowest BCUT2D eigenvalue weighted by molar-refractivity contribution is 0.279. The third-order valence-electron chi connectivity index (χ3n) is 6.87. The third kappa shape index (κ3) is 8.30.